The number of rotatable bonds is 8. The number of nitrogens with zero attached hydrogens (tertiary/aromatic N) is 1. The van der Waals surface area contributed by atoms with Gasteiger partial charge in [0, 0.05) is 10.8 Å². The molecule has 0 aromatic carbocycles. The minimum atomic E-state index is -0.872. The summed E-state index contributed by atoms with van der Waals surface area (Å²) in [7, 11) is 0. The van der Waals surface area contributed by atoms with Gasteiger partial charge in [0.05, 0.1) is 13.0 Å². The van der Waals surface area contributed by atoms with Crippen molar-refractivity contribution in [1.29, 1.82) is 0 Å². The molecule has 6 atom stereocenters. The molecule has 0 bridgehead atoms. The van der Waals surface area contributed by atoms with E-state index >= 15 is 0 Å². The smallest absolute Gasteiger partial charge is 0.306 e. The first-order chi connectivity index (χ1) is 13.8. The van der Waals surface area contributed by atoms with E-state index in [0.29, 0.717) is 6.42 Å². The first-order valence-electron chi connectivity index (χ1n) is 10.5. The van der Waals surface area contributed by atoms with Gasteiger partial charge in [-0.15, -0.1) is 0 Å². The molecule has 3 heterocycles. The Morgan fingerprint density at radius 1 is 1.13 bits per heavy atom. The van der Waals surface area contributed by atoms with Gasteiger partial charge >= 0.3 is 5.97 Å². The van der Waals surface area contributed by atoms with Crippen LogP contribution in [0, 0.1) is 22.0 Å². The second-order valence-electron chi connectivity index (χ2n) is 9.61. The minimum Gasteiger partial charge on any atom is -0.456 e. The third kappa shape index (κ3) is 5.67. The van der Waals surface area contributed by atoms with Gasteiger partial charge in [0.15, 0.2) is 30.1 Å². The predicted octanol–water partition coefficient (Wildman–Crippen LogP) is 2.26. The van der Waals surface area contributed by atoms with Crippen LogP contribution in [0.4, 0.5) is 0 Å². The summed E-state index contributed by atoms with van der Waals surface area (Å²) in [5.74, 6) is -2.33. The van der Waals surface area contributed by atoms with Crippen molar-refractivity contribution in [1.82, 2.24) is 0 Å². The molecule has 3 aliphatic heterocycles. The topological polar surface area (TPSA) is 116 Å². The highest BCUT2D eigenvalue weighted by molar-refractivity contribution is 5.70. The molecule has 3 aliphatic rings. The van der Waals surface area contributed by atoms with Gasteiger partial charge < -0.3 is 28.4 Å². The Morgan fingerprint density at radius 3 is 2.40 bits per heavy atom. The number of ether oxygens (including phenoxy) is 6. The lowest BCUT2D eigenvalue weighted by Crippen LogP contribution is -2.45. The van der Waals surface area contributed by atoms with E-state index in [-0.39, 0.29) is 30.4 Å². The maximum absolute atomic E-state index is 12.7. The van der Waals surface area contributed by atoms with Gasteiger partial charge in [-0.1, -0.05) is 13.8 Å². The summed E-state index contributed by atoms with van der Waals surface area (Å²) in [4.78, 5) is 23.3. The average molecular weight is 431 g/mol. The normalized spacial score (nSPS) is 35.4. The summed E-state index contributed by atoms with van der Waals surface area (Å²) in [6.07, 6.45) is -2.63. The molecule has 30 heavy (non-hydrogen) atoms. The van der Waals surface area contributed by atoms with Gasteiger partial charge in [0.2, 0.25) is 6.54 Å². The second-order valence-corrected chi connectivity index (χ2v) is 9.61. The predicted molar refractivity (Wildman–Crippen MR) is 103 cm³/mol. The van der Waals surface area contributed by atoms with Crippen molar-refractivity contribution in [3.63, 3.8) is 0 Å². The van der Waals surface area contributed by atoms with Gasteiger partial charge in [-0.25, -0.2) is 0 Å². The molecular formula is C20H33NO9. The third-order valence-corrected chi connectivity index (χ3v) is 5.36. The van der Waals surface area contributed by atoms with Gasteiger partial charge in [-0.05, 0) is 40.0 Å². The fraction of sp³-hybridized carbons (Fsp3) is 0.950. The lowest BCUT2D eigenvalue weighted by molar-refractivity contribution is -0.488. The molecule has 0 N–H and O–H groups in total. The van der Waals surface area contributed by atoms with Crippen molar-refractivity contribution >= 4 is 5.97 Å². The van der Waals surface area contributed by atoms with Crippen molar-refractivity contribution in [2.45, 2.75) is 96.7 Å². The lowest BCUT2D eigenvalue weighted by atomic mass is 9.94. The van der Waals surface area contributed by atoms with E-state index in [1.807, 2.05) is 13.8 Å². The summed E-state index contributed by atoms with van der Waals surface area (Å²) in [6.45, 7) is 11.1. The number of esters is 1. The Morgan fingerprint density at radius 2 is 1.83 bits per heavy atom. The molecule has 0 saturated carbocycles. The van der Waals surface area contributed by atoms with Crippen LogP contribution in [-0.2, 0) is 33.2 Å². The van der Waals surface area contributed by atoms with Crippen molar-refractivity contribution in [2.75, 3.05) is 13.2 Å². The van der Waals surface area contributed by atoms with Crippen LogP contribution in [0.1, 0.15) is 54.4 Å². The van der Waals surface area contributed by atoms with Crippen LogP contribution in [0.2, 0.25) is 0 Å². The van der Waals surface area contributed by atoms with Crippen LogP contribution < -0.4 is 0 Å². The summed E-state index contributed by atoms with van der Waals surface area (Å²) >= 11 is 0. The molecule has 10 heteroatoms. The van der Waals surface area contributed by atoms with Gasteiger partial charge in [-0.3, -0.25) is 14.9 Å². The molecule has 0 aliphatic carbocycles. The van der Waals surface area contributed by atoms with Crippen molar-refractivity contribution in [3.05, 3.63) is 10.1 Å². The fourth-order valence-corrected chi connectivity index (χ4v) is 4.35. The summed E-state index contributed by atoms with van der Waals surface area (Å²) in [5.41, 5.74) is 0. The average Bonchev–Trinajstić information content (AvgIpc) is 3.16. The first kappa shape index (κ1) is 23.3. The Kier molecular flexibility index (Phi) is 6.74. The number of hydrogen-bond acceptors (Lipinski definition) is 9. The number of nitro groups is 1. The van der Waals surface area contributed by atoms with Gasteiger partial charge in [-0.2, -0.15) is 0 Å². The van der Waals surface area contributed by atoms with Crippen molar-refractivity contribution < 1.29 is 38.1 Å². The lowest BCUT2D eigenvalue weighted by Gasteiger charge is -2.29. The molecular weight excluding hydrogens is 398 g/mol. The molecule has 0 spiro atoms. The van der Waals surface area contributed by atoms with E-state index in [1.165, 1.54) is 0 Å². The van der Waals surface area contributed by atoms with E-state index < -0.39 is 54.2 Å². The zero-order chi connectivity index (χ0) is 22.3. The monoisotopic (exact) mass is 431 g/mol. The van der Waals surface area contributed by atoms with Crippen LogP contribution in [0.15, 0.2) is 0 Å². The first-order valence-corrected chi connectivity index (χ1v) is 10.5. The fourth-order valence-electron chi connectivity index (χ4n) is 4.35. The van der Waals surface area contributed by atoms with Crippen LogP contribution >= 0.6 is 0 Å². The molecule has 10 nitrogen and oxygen atoms in total. The number of fused-ring (bicyclic) bond motifs is 1. The minimum absolute atomic E-state index is 0.0441. The molecule has 0 amide bonds. The van der Waals surface area contributed by atoms with Gasteiger partial charge in [0.25, 0.3) is 0 Å². The van der Waals surface area contributed by atoms with Crippen molar-refractivity contribution in [2.24, 2.45) is 11.8 Å². The van der Waals surface area contributed by atoms with E-state index in [4.69, 9.17) is 28.4 Å². The molecule has 3 saturated heterocycles. The summed E-state index contributed by atoms with van der Waals surface area (Å²) in [5, 5.41) is 11.0. The Labute approximate surface area is 176 Å². The molecule has 0 unspecified atom stereocenters. The molecule has 3 rings (SSSR count). The molecule has 0 aromatic rings. The van der Waals surface area contributed by atoms with E-state index in [2.05, 4.69) is 0 Å². The zero-order valence-electron chi connectivity index (χ0n) is 18.5. The Balaban J connectivity index is 1.70. The van der Waals surface area contributed by atoms with E-state index in [9.17, 15) is 14.9 Å². The van der Waals surface area contributed by atoms with Gasteiger partial charge in [0.1, 0.15) is 12.2 Å². The molecule has 0 radical (unpaired) electrons. The highest BCUT2D eigenvalue weighted by Crippen LogP contribution is 2.42. The Bertz CT molecular complexity index is 650. The van der Waals surface area contributed by atoms with Crippen molar-refractivity contribution in [3.8, 4) is 0 Å². The van der Waals surface area contributed by atoms with E-state index in [1.54, 1.807) is 27.7 Å². The highest BCUT2D eigenvalue weighted by atomic mass is 16.8. The molecule has 3 fully saturated rings. The van der Waals surface area contributed by atoms with Crippen LogP contribution in [0.25, 0.3) is 0 Å². The van der Waals surface area contributed by atoms with Crippen LogP contribution in [0.5, 0.6) is 0 Å². The molecule has 172 valence electrons. The maximum atomic E-state index is 12.7. The standard InChI is InChI=1S/C20H33NO9/c1-11(2)7-12(9-21(23)24)8-14(22)26-16-15(13-10-25-19(3,4)28-13)27-18-17(16)29-20(5,6)30-18/h11-13,15-18H,7-10H2,1-6H3/t12-,13-,15-,16-,17-,18-/m1/s1. The number of carbonyl (C=O) groups excluding carboxylic acids is 1. The third-order valence-electron chi connectivity index (χ3n) is 5.36. The summed E-state index contributed by atoms with van der Waals surface area (Å²) < 4.78 is 35.1. The number of hydrogen-bond donors (Lipinski definition) is 0. The SMILES string of the molecule is CC(C)C[C@H](CC(=O)O[C@H]1[C@H]2OC(C)(C)O[C@H]2O[C@@H]1[C@H]1COC(C)(C)O1)C[N+](=O)[O-]. The quantitative estimate of drug-likeness (QED) is 0.324. The van der Waals surface area contributed by atoms with Crippen LogP contribution in [-0.4, -0.2) is 66.3 Å². The summed E-state index contributed by atoms with van der Waals surface area (Å²) in [6, 6.07) is 0. The second kappa shape index (κ2) is 8.66. The highest BCUT2D eigenvalue weighted by Gasteiger charge is 2.60. The molecule has 0 aromatic heterocycles. The van der Waals surface area contributed by atoms with Crippen LogP contribution in [0.3, 0.4) is 0 Å². The maximum Gasteiger partial charge on any atom is 0.306 e. The Hall–Kier alpha value is -1.33. The number of carbonyl (C=O) groups is 1. The van der Waals surface area contributed by atoms with E-state index in [0.717, 1.165) is 0 Å². The zero-order valence-corrected chi connectivity index (χ0v) is 18.5. The largest absolute Gasteiger partial charge is 0.456 e.